The molecule has 0 amide bonds. The van der Waals surface area contributed by atoms with E-state index in [1.165, 1.54) is 11.1 Å². The minimum Gasteiger partial charge on any atom is -0.481 e. The van der Waals surface area contributed by atoms with Gasteiger partial charge in [-0.05, 0) is 54.6 Å². The fourth-order valence-corrected chi connectivity index (χ4v) is 3.55. The summed E-state index contributed by atoms with van der Waals surface area (Å²) >= 11 is 0. The van der Waals surface area contributed by atoms with Crippen molar-refractivity contribution in [2.24, 2.45) is 0 Å². The fraction of sp³-hybridized carbons (Fsp3) is 0.333. The monoisotopic (exact) mass is 336 g/mol. The number of aromatic nitrogens is 1. The number of carbonyl (C=O) groups is 1. The van der Waals surface area contributed by atoms with Crippen LogP contribution >= 0.6 is 0 Å². The number of nitrogens with zero attached hydrogens (tertiary/aromatic N) is 2. The van der Waals surface area contributed by atoms with Gasteiger partial charge in [0.2, 0.25) is 0 Å². The van der Waals surface area contributed by atoms with E-state index < -0.39 is 5.97 Å². The largest absolute Gasteiger partial charge is 0.481 e. The highest BCUT2D eigenvalue weighted by molar-refractivity contribution is 5.79. The standard InChI is InChI=1S/C21H24N2O2/c24-21(25)16-19-8-4-14-23(19)15-5-9-20(17-6-2-1-3-7-17)18-10-12-22-13-11-18/h1-3,6-7,9-13,19H,4-5,8,14-16H2,(H,24,25)/t19-/m0/s1. The first-order valence-electron chi connectivity index (χ1n) is 8.86. The topological polar surface area (TPSA) is 53.4 Å². The van der Waals surface area contributed by atoms with Gasteiger partial charge in [0.1, 0.15) is 0 Å². The van der Waals surface area contributed by atoms with Crippen molar-refractivity contribution in [1.29, 1.82) is 0 Å². The lowest BCUT2D eigenvalue weighted by molar-refractivity contribution is -0.138. The second-order valence-corrected chi connectivity index (χ2v) is 6.44. The molecular formula is C21H24N2O2. The highest BCUT2D eigenvalue weighted by atomic mass is 16.4. The number of hydrogen-bond donors (Lipinski definition) is 1. The number of carboxylic acid groups (broad SMARTS) is 1. The van der Waals surface area contributed by atoms with Crippen molar-refractivity contribution in [2.45, 2.75) is 31.7 Å². The van der Waals surface area contributed by atoms with Gasteiger partial charge >= 0.3 is 5.97 Å². The van der Waals surface area contributed by atoms with E-state index >= 15 is 0 Å². The third-order valence-electron chi connectivity index (χ3n) is 4.75. The Morgan fingerprint density at radius 1 is 1.16 bits per heavy atom. The molecule has 1 aliphatic rings. The zero-order valence-electron chi connectivity index (χ0n) is 14.3. The van der Waals surface area contributed by atoms with Crippen molar-refractivity contribution in [3.8, 4) is 0 Å². The molecule has 1 fully saturated rings. The predicted molar refractivity (Wildman–Crippen MR) is 99.2 cm³/mol. The third kappa shape index (κ3) is 4.77. The van der Waals surface area contributed by atoms with E-state index in [1.807, 2.05) is 42.7 Å². The first kappa shape index (κ1) is 17.4. The summed E-state index contributed by atoms with van der Waals surface area (Å²) in [6.45, 7) is 1.90. The molecule has 25 heavy (non-hydrogen) atoms. The Labute approximate surface area is 148 Å². The maximum absolute atomic E-state index is 11.0. The minimum atomic E-state index is -0.700. The summed E-state index contributed by atoms with van der Waals surface area (Å²) in [4.78, 5) is 17.4. The molecule has 0 aliphatic carbocycles. The summed E-state index contributed by atoms with van der Waals surface area (Å²) in [5.41, 5.74) is 3.55. The van der Waals surface area contributed by atoms with Gasteiger partial charge in [0.05, 0.1) is 6.42 Å². The molecule has 1 N–H and O–H groups in total. The summed E-state index contributed by atoms with van der Waals surface area (Å²) < 4.78 is 0. The summed E-state index contributed by atoms with van der Waals surface area (Å²) in [5.74, 6) is -0.700. The maximum atomic E-state index is 11.0. The average molecular weight is 336 g/mol. The minimum absolute atomic E-state index is 0.187. The number of aliphatic carboxylic acids is 1. The molecule has 1 atom stereocenters. The summed E-state index contributed by atoms with van der Waals surface area (Å²) in [5, 5.41) is 9.06. The number of likely N-dealkylation sites (tertiary alicyclic amines) is 1. The van der Waals surface area contributed by atoms with Crippen LogP contribution in [-0.4, -0.2) is 40.1 Å². The van der Waals surface area contributed by atoms with Crippen LogP contribution in [0.2, 0.25) is 0 Å². The SMILES string of the molecule is O=C(O)C[C@@H]1CCCN1CCC=C(c1ccccc1)c1ccncc1. The normalized spacial score (nSPS) is 18.4. The van der Waals surface area contributed by atoms with Gasteiger partial charge < -0.3 is 5.11 Å². The Morgan fingerprint density at radius 2 is 1.88 bits per heavy atom. The summed E-state index contributed by atoms with van der Waals surface area (Å²) in [6.07, 6.45) is 9.14. The highest BCUT2D eigenvalue weighted by Crippen LogP contribution is 2.25. The lowest BCUT2D eigenvalue weighted by Crippen LogP contribution is -2.32. The van der Waals surface area contributed by atoms with Crippen LogP contribution in [0.1, 0.15) is 36.8 Å². The van der Waals surface area contributed by atoms with Gasteiger partial charge in [0, 0.05) is 25.0 Å². The molecule has 0 bridgehead atoms. The van der Waals surface area contributed by atoms with Gasteiger partial charge in [-0.25, -0.2) is 0 Å². The summed E-state index contributed by atoms with van der Waals surface area (Å²) in [6, 6.07) is 14.6. The Balaban J connectivity index is 1.72. The molecule has 2 heterocycles. The molecule has 0 saturated carbocycles. The average Bonchev–Trinajstić information content (AvgIpc) is 3.06. The third-order valence-corrected chi connectivity index (χ3v) is 4.75. The maximum Gasteiger partial charge on any atom is 0.304 e. The molecule has 4 heteroatoms. The molecule has 1 aromatic heterocycles. The van der Waals surface area contributed by atoms with Crippen LogP contribution in [0.15, 0.2) is 60.9 Å². The van der Waals surface area contributed by atoms with Crippen molar-refractivity contribution in [1.82, 2.24) is 9.88 Å². The highest BCUT2D eigenvalue weighted by Gasteiger charge is 2.25. The molecular weight excluding hydrogens is 312 g/mol. The smallest absolute Gasteiger partial charge is 0.304 e. The number of pyridine rings is 1. The Bertz CT molecular complexity index is 672. The second kappa shape index (κ2) is 8.58. The summed E-state index contributed by atoms with van der Waals surface area (Å²) in [7, 11) is 0. The van der Waals surface area contributed by atoms with Crippen molar-refractivity contribution >= 4 is 11.5 Å². The molecule has 130 valence electrons. The lowest BCUT2D eigenvalue weighted by atomic mass is 9.98. The van der Waals surface area contributed by atoms with Crippen molar-refractivity contribution in [2.75, 3.05) is 13.1 Å². The van der Waals surface area contributed by atoms with Gasteiger partial charge in [-0.3, -0.25) is 14.7 Å². The number of benzene rings is 1. The van der Waals surface area contributed by atoms with Gasteiger partial charge in [0.25, 0.3) is 0 Å². The first-order chi connectivity index (χ1) is 12.2. The van der Waals surface area contributed by atoms with Gasteiger partial charge in [0.15, 0.2) is 0 Å². The Morgan fingerprint density at radius 3 is 2.60 bits per heavy atom. The number of hydrogen-bond acceptors (Lipinski definition) is 3. The van der Waals surface area contributed by atoms with Crippen molar-refractivity contribution in [3.05, 3.63) is 72.1 Å². The molecule has 1 aliphatic heterocycles. The second-order valence-electron chi connectivity index (χ2n) is 6.44. The number of rotatable bonds is 7. The Hall–Kier alpha value is -2.46. The van der Waals surface area contributed by atoms with E-state index in [4.69, 9.17) is 5.11 Å². The van der Waals surface area contributed by atoms with E-state index in [-0.39, 0.29) is 12.5 Å². The van der Waals surface area contributed by atoms with Crippen LogP contribution in [0.3, 0.4) is 0 Å². The molecule has 1 aromatic carbocycles. The van der Waals surface area contributed by atoms with E-state index in [0.29, 0.717) is 0 Å². The van der Waals surface area contributed by atoms with Crippen LogP contribution in [0, 0.1) is 0 Å². The van der Waals surface area contributed by atoms with Gasteiger partial charge in [-0.1, -0.05) is 36.4 Å². The lowest BCUT2D eigenvalue weighted by Gasteiger charge is -2.22. The van der Waals surface area contributed by atoms with Crippen LogP contribution in [-0.2, 0) is 4.79 Å². The first-order valence-corrected chi connectivity index (χ1v) is 8.86. The van der Waals surface area contributed by atoms with Gasteiger partial charge in [-0.15, -0.1) is 0 Å². The van der Waals surface area contributed by atoms with Crippen LogP contribution in [0.25, 0.3) is 5.57 Å². The molecule has 0 unspecified atom stereocenters. The van der Waals surface area contributed by atoms with Crippen molar-refractivity contribution in [3.63, 3.8) is 0 Å². The van der Waals surface area contributed by atoms with Crippen LogP contribution in [0.4, 0.5) is 0 Å². The van der Waals surface area contributed by atoms with E-state index in [1.54, 1.807) is 0 Å². The molecule has 1 saturated heterocycles. The van der Waals surface area contributed by atoms with Crippen molar-refractivity contribution < 1.29 is 9.90 Å². The van der Waals surface area contributed by atoms with Crippen LogP contribution in [0.5, 0.6) is 0 Å². The molecule has 2 aromatic rings. The fourth-order valence-electron chi connectivity index (χ4n) is 3.55. The zero-order chi connectivity index (χ0) is 17.5. The predicted octanol–water partition coefficient (Wildman–Crippen LogP) is 3.84. The van der Waals surface area contributed by atoms with E-state index in [2.05, 4.69) is 28.1 Å². The molecule has 0 spiro atoms. The van der Waals surface area contributed by atoms with E-state index in [9.17, 15) is 4.79 Å². The molecule has 0 radical (unpaired) electrons. The molecule has 3 rings (SSSR count). The Kier molecular flexibility index (Phi) is 5.96. The quantitative estimate of drug-likeness (QED) is 0.834. The van der Waals surface area contributed by atoms with Crippen LogP contribution < -0.4 is 0 Å². The number of carboxylic acids is 1. The molecule has 4 nitrogen and oxygen atoms in total. The van der Waals surface area contributed by atoms with Gasteiger partial charge in [-0.2, -0.15) is 0 Å². The van der Waals surface area contributed by atoms with E-state index in [0.717, 1.165) is 37.9 Å². The zero-order valence-corrected chi connectivity index (χ0v) is 14.3.